The van der Waals surface area contributed by atoms with Crippen molar-refractivity contribution in [2.75, 3.05) is 11.1 Å². The summed E-state index contributed by atoms with van der Waals surface area (Å²) in [4.78, 5) is 27.3. The molecule has 2 rings (SSSR count). The van der Waals surface area contributed by atoms with E-state index in [2.05, 4.69) is 19.9 Å². The molecule has 2 N–H and O–H groups in total. The molecule has 0 aliphatic heterocycles. The summed E-state index contributed by atoms with van der Waals surface area (Å²) in [5.74, 6) is -0.644. The molecule has 1 amide bonds. The fraction of sp³-hybridized carbons (Fsp3) is 0.357. The van der Waals surface area contributed by atoms with Gasteiger partial charge >= 0.3 is 12.1 Å². The Morgan fingerprint density at radius 1 is 1.44 bits per heavy atom. The molecule has 8 nitrogen and oxygen atoms in total. The van der Waals surface area contributed by atoms with Crippen LogP contribution in [-0.4, -0.2) is 43.1 Å². The summed E-state index contributed by atoms with van der Waals surface area (Å²) in [6.07, 6.45) is 2.55. The zero-order valence-corrected chi connectivity index (χ0v) is 16.1. The van der Waals surface area contributed by atoms with E-state index < -0.39 is 17.7 Å². The van der Waals surface area contributed by atoms with Gasteiger partial charge < -0.3 is 9.84 Å². The summed E-state index contributed by atoms with van der Waals surface area (Å²) >= 11 is 3.80. The number of aromatic nitrogens is 3. The number of rotatable bonds is 6. The normalized spacial score (nSPS) is 12.0. The number of amides is 1. The van der Waals surface area contributed by atoms with Gasteiger partial charge in [0.15, 0.2) is 5.13 Å². The molecule has 0 saturated carbocycles. The van der Waals surface area contributed by atoms with Crippen molar-refractivity contribution in [3.63, 3.8) is 0 Å². The van der Waals surface area contributed by atoms with Gasteiger partial charge in [-0.2, -0.15) is 0 Å². The lowest BCUT2D eigenvalue weighted by Gasteiger charge is -2.18. The highest BCUT2D eigenvalue weighted by Crippen LogP contribution is 2.25. The summed E-state index contributed by atoms with van der Waals surface area (Å²) in [6.45, 7) is 5.25. The molecule has 134 valence electrons. The zero-order chi connectivity index (χ0) is 18.4. The van der Waals surface area contributed by atoms with Crippen molar-refractivity contribution in [2.45, 2.75) is 30.6 Å². The van der Waals surface area contributed by atoms with Crippen molar-refractivity contribution in [2.24, 2.45) is 0 Å². The third-order valence-corrected chi connectivity index (χ3v) is 4.99. The maximum Gasteiger partial charge on any atom is 0.413 e. The average molecular weight is 401 g/mol. The Morgan fingerprint density at radius 3 is 2.80 bits per heavy atom. The van der Waals surface area contributed by atoms with Crippen LogP contribution in [0.15, 0.2) is 21.9 Å². The number of carbonyl (C=O) groups is 2. The van der Waals surface area contributed by atoms with E-state index in [-0.39, 0.29) is 16.4 Å². The van der Waals surface area contributed by atoms with Gasteiger partial charge in [0.05, 0.1) is 17.5 Å². The Bertz CT molecular complexity index is 765. The number of hydrogen-bond donors (Lipinski definition) is 2. The van der Waals surface area contributed by atoms with Gasteiger partial charge in [-0.25, -0.2) is 14.6 Å². The Labute approximate surface area is 156 Å². The molecule has 11 heteroatoms. The Balaban J connectivity index is 2.03. The largest absolute Gasteiger partial charge is 0.478 e. The van der Waals surface area contributed by atoms with Crippen molar-refractivity contribution >= 4 is 57.4 Å². The fourth-order valence-electron chi connectivity index (χ4n) is 1.58. The minimum atomic E-state index is -1.09. The van der Waals surface area contributed by atoms with Gasteiger partial charge in [-0.05, 0) is 32.3 Å². The van der Waals surface area contributed by atoms with Gasteiger partial charge in [0.25, 0.3) is 0 Å². The van der Waals surface area contributed by atoms with E-state index in [9.17, 15) is 14.7 Å². The summed E-state index contributed by atoms with van der Waals surface area (Å²) in [6, 6.07) is 0. The maximum absolute atomic E-state index is 11.7. The molecule has 0 radical (unpaired) electrons. The number of nitrogens with one attached hydrogen (secondary N) is 1. The van der Waals surface area contributed by atoms with Crippen LogP contribution in [0.5, 0.6) is 0 Å². The van der Waals surface area contributed by atoms with E-state index in [4.69, 9.17) is 4.74 Å². The standard InChI is InChI=1S/C14H16N4O4S3/c1-14(2,3)22-13(21)17-12-16-9(7-24-12)8(11(19)20)4-5-23-10-6-15-18-25-10/h4,6-7H,5H2,1-3H3,(H,19,20)(H,16,17,21)/b8-4-. The van der Waals surface area contributed by atoms with Crippen molar-refractivity contribution in [1.82, 2.24) is 14.6 Å². The van der Waals surface area contributed by atoms with Crippen molar-refractivity contribution in [1.29, 1.82) is 0 Å². The fourth-order valence-corrected chi connectivity index (χ4v) is 3.59. The lowest BCUT2D eigenvalue weighted by molar-refractivity contribution is -0.130. The van der Waals surface area contributed by atoms with Gasteiger partial charge in [0, 0.05) is 11.1 Å². The lowest BCUT2D eigenvalue weighted by atomic mass is 10.2. The molecule has 0 saturated heterocycles. The Morgan fingerprint density at radius 2 is 2.20 bits per heavy atom. The second-order valence-electron chi connectivity index (χ2n) is 5.64. The monoisotopic (exact) mass is 400 g/mol. The van der Waals surface area contributed by atoms with Crippen LogP contribution in [0.2, 0.25) is 0 Å². The predicted octanol–water partition coefficient (Wildman–Crippen LogP) is 3.60. The highest BCUT2D eigenvalue weighted by Gasteiger charge is 2.19. The second kappa shape index (κ2) is 8.41. The van der Waals surface area contributed by atoms with Crippen molar-refractivity contribution < 1.29 is 19.4 Å². The van der Waals surface area contributed by atoms with Crippen LogP contribution < -0.4 is 5.32 Å². The number of ether oxygens (including phenoxy) is 1. The molecule has 0 unspecified atom stereocenters. The molecule has 0 spiro atoms. The average Bonchev–Trinajstić information content (AvgIpc) is 3.12. The van der Waals surface area contributed by atoms with E-state index in [0.29, 0.717) is 5.75 Å². The number of thioether (sulfide) groups is 1. The number of aliphatic carboxylic acids is 1. The van der Waals surface area contributed by atoms with E-state index in [1.165, 1.54) is 23.3 Å². The smallest absolute Gasteiger partial charge is 0.413 e. The lowest BCUT2D eigenvalue weighted by Crippen LogP contribution is -2.27. The van der Waals surface area contributed by atoms with Crippen LogP contribution >= 0.6 is 34.6 Å². The van der Waals surface area contributed by atoms with Gasteiger partial charge in [0.1, 0.15) is 9.81 Å². The molecule has 2 heterocycles. The first-order valence-corrected chi connectivity index (χ1v) is 9.68. The summed E-state index contributed by atoms with van der Waals surface area (Å²) < 4.78 is 9.77. The molecule has 2 aromatic rings. The number of thiazole rings is 1. The Kier molecular flexibility index (Phi) is 6.51. The predicted molar refractivity (Wildman–Crippen MR) is 98.2 cm³/mol. The first kappa shape index (κ1) is 19.3. The number of carboxylic acids is 1. The van der Waals surface area contributed by atoms with E-state index >= 15 is 0 Å². The summed E-state index contributed by atoms with van der Waals surface area (Å²) in [5, 5.41) is 17.4. The first-order valence-electron chi connectivity index (χ1n) is 7.04. The third-order valence-electron chi connectivity index (χ3n) is 2.47. The first-order chi connectivity index (χ1) is 11.7. The molecular weight excluding hydrogens is 384 g/mol. The molecule has 0 atom stereocenters. The highest BCUT2D eigenvalue weighted by atomic mass is 32.2. The molecule has 0 aliphatic carbocycles. The number of carboxylic acid groups (broad SMARTS) is 1. The summed E-state index contributed by atoms with van der Waals surface area (Å²) in [5.41, 5.74) is -0.274. The summed E-state index contributed by atoms with van der Waals surface area (Å²) in [7, 11) is 0. The Hall–Kier alpha value is -1.98. The van der Waals surface area contributed by atoms with Crippen LogP contribution in [0, 0.1) is 0 Å². The zero-order valence-electron chi connectivity index (χ0n) is 13.7. The van der Waals surface area contributed by atoms with E-state index in [1.807, 2.05) is 0 Å². The van der Waals surface area contributed by atoms with Gasteiger partial charge in [0.2, 0.25) is 0 Å². The topological polar surface area (TPSA) is 114 Å². The molecule has 2 aromatic heterocycles. The van der Waals surface area contributed by atoms with Crippen LogP contribution in [0.3, 0.4) is 0 Å². The molecule has 25 heavy (non-hydrogen) atoms. The van der Waals surface area contributed by atoms with E-state index in [0.717, 1.165) is 15.5 Å². The molecular formula is C14H16N4O4S3. The molecule has 0 aliphatic rings. The van der Waals surface area contributed by atoms with Crippen LogP contribution in [0.1, 0.15) is 26.5 Å². The molecule has 0 fully saturated rings. The number of anilines is 1. The highest BCUT2D eigenvalue weighted by molar-refractivity contribution is 8.01. The number of carbonyl (C=O) groups excluding carboxylic acids is 1. The van der Waals surface area contributed by atoms with Crippen LogP contribution in [0.4, 0.5) is 9.93 Å². The van der Waals surface area contributed by atoms with Crippen LogP contribution in [0.25, 0.3) is 5.57 Å². The van der Waals surface area contributed by atoms with E-state index in [1.54, 1.807) is 38.4 Å². The second-order valence-corrected chi connectivity index (χ2v) is 8.60. The third kappa shape index (κ3) is 6.44. The number of hydrogen-bond acceptors (Lipinski definition) is 9. The maximum atomic E-state index is 11.7. The number of nitrogens with zero attached hydrogens (tertiary/aromatic N) is 3. The minimum Gasteiger partial charge on any atom is -0.478 e. The quantitative estimate of drug-likeness (QED) is 0.558. The van der Waals surface area contributed by atoms with Gasteiger partial charge in [-0.15, -0.1) is 28.2 Å². The van der Waals surface area contributed by atoms with Crippen molar-refractivity contribution in [3.8, 4) is 0 Å². The van der Waals surface area contributed by atoms with Gasteiger partial charge in [-0.3, -0.25) is 5.32 Å². The van der Waals surface area contributed by atoms with Crippen molar-refractivity contribution in [3.05, 3.63) is 23.3 Å². The molecule has 0 bridgehead atoms. The SMILES string of the molecule is CC(C)(C)OC(=O)Nc1nc(/C(=C/CSc2cnns2)C(=O)O)cs1. The minimum absolute atomic E-state index is 0.0680. The van der Waals surface area contributed by atoms with Crippen LogP contribution in [-0.2, 0) is 9.53 Å². The molecule has 0 aromatic carbocycles. The van der Waals surface area contributed by atoms with Gasteiger partial charge in [-0.1, -0.05) is 10.6 Å².